The molecule has 0 aliphatic carbocycles. The Morgan fingerprint density at radius 2 is 1.56 bits per heavy atom. The molecule has 162 valence electrons. The summed E-state index contributed by atoms with van der Waals surface area (Å²) >= 11 is 1.50. The van der Waals surface area contributed by atoms with Crippen molar-refractivity contribution in [1.29, 1.82) is 0 Å². The van der Waals surface area contributed by atoms with Crippen LogP contribution < -0.4 is 10.1 Å². The van der Waals surface area contributed by atoms with Crippen LogP contribution in [0.1, 0.15) is 25.3 Å². The zero-order chi connectivity index (χ0) is 22.2. The van der Waals surface area contributed by atoms with Gasteiger partial charge < -0.3 is 10.1 Å². The standard InChI is InChI=1S/C25H24N4O2S/c1-19(31-22-15-9-4-10-16-22)24-27-28-25(29(24)21-13-7-3-8-14-21)32-18-17-23(30)26-20-11-5-2-6-12-20/h2-16,19H,17-18H2,1H3,(H,26,30). The summed E-state index contributed by atoms with van der Waals surface area (Å²) in [7, 11) is 0. The second kappa shape index (κ2) is 10.6. The van der Waals surface area contributed by atoms with Crippen molar-refractivity contribution < 1.29 is 9.53 Å². The van der Waals surface area contributed by atoms with Crippen molar-refractivity contribution >= 4 is 23.4 Å². The van der Waals surface area contributed by atoms with Crippen LogP contribution in [0.2, 0.25) is 0 Å². The number of anilines is 1. The van der Waals surface area contributed by atoms with Crippen LogP contribution in [0.5, 0.6) is 5.75 Å². The molecule has 1 atom stereocenters. The molecule has 7 heteroatoms. The van der Waals surface area contributed by atoms with Gasteiger partial charge in [0.25, 0.3) is 0 Å². The molecule has 3 aromatic carbocycles. The van der Waals surface area contributed by atoms with E-state index < -0.39 is 0 Å². The number of ether oxygens (including phenoxy) is 1. The Labute approximate surface area is 191 Å². The highest BCUT2D eigenvalue weighted by Crippen LogP contribution is 2.28. The quantitative estimate of drug-likeness (QED) is 0.344. The van der Waals surface area contributed by atoms with Gasteiger partial charge in [0.2, 0.25) is 5.91 Å². The van der Waals surface area contributed by atoms with Crippen molar-refractivity contribution in [3.63, 3.8) is 0 Å². The Morgan fingerprint density at radius 1 is 0.938 bits per heavy atom. The van der Waals surface area contributed by atoms with Crippen molar-refractivity contribution in [2.24, 2.45) is 0 Å². The van der Waals surface area contributed by atoms with E-state index in [0.717, 1.165) is 22.3 Å². The van der Waals surface area contributed by atoms with Crippen LogP contribution in [-0.4, -0.2) is 26.4 Å². The highest BCUT2D eigenvalue weighted by atomic mass is 32.2. The first-order valence-electron chi connectivity index (χ1n) is 10.4. The molecule has 0 radical (unpaired) electrons. The smallest absolute Gasteiger partial charge is 0.225 e. The minimum absolute atomic E-state index is 0.0320. The zero-order valence-corrected chi connectivity index (χ0v) is 18.5. The van der Waals surface area contributed by atoms with E-state index in [9.17, 15) is 4.79 Å². The van der Waals surface area contributed by atoms with Crippen molar-refractivity contribution in [3.8, 4) is 11.4 Å². The van der Waals surface area contributed by atoms with Crippen LogP contribution in [0.15, 0.2) is 96.2 Å². The average molecular weight is 445 g/mol. The van der Waals surface area contributed by atoms with Gasteiger partial charge in [-0.25, -0.2) is 0 Å². The number of rotatable bonds is 9. The lowest BCUT2D eigenvalue weighted by atomic mass is 10.3. The molecular formula is C25H24N4O2S. The maximum absolute atomic E-state index is 12.3. The van der Waals surface area contributed by atoms with Crippen molar-refractivity contribution in [3.05, 3.63) is 96.8 Å². The van der Waals surface area contributed by atoms with Gasteiger partial charge in [-0.3, -0.25) is 9.36 Å². The summed E-state index contributed by atoms with van der Waals surface area (Å²) < 4.78 is 8.08. The summed E-state index contributed by atoms with van der Waals surface area (Å²) in [6, 6.07) is 29.1. The third-order valence-corrected chi connectivity index (χ3v) is 5.64. The van der Waals surface area contributed by atoms with Gasteiger partial charge in [-0.05, 0) is 43.3 Å². The Kier molecular flexibility index (Phi) is 7.19. The molecule has 0 fully saturated rings. The Bertz CT molecular complexity index is 1130. The summed E-state index contributed by atoms with van der Waals surface area (Å²) in [5.41, 5.74) is 1.75. The number of hydrogen-bond acceptors (Lipinski definition) is 5. The minimum Gasteiger partial charge on any atom is -0.483 e. The Hall–Kier alpha value is -3.58. The van der Waals surface area contributed by atoms with Gasteiger partial charge in [0.05, 0.1) is 0 Å². The Balaban J connectivity index is 1.47. The van der Waals surface area contributed by atoms with Gasteiger partial charge in [-0.2, -0.15) is 0 Å². The van der Waals surface area contributed by atoms with E-state index in [2.05, 4.69) is 15.5 Å². The highest BCUT2D eigenvalue weighted by Gasteiger charge is 2.21. The van der Waals surface area contributed by atoms with E-state index in [1.54, 1.807) is 0 Å². The van der Waals surface area contributed by atoms with Gasteiger partial charge in [0, 0.05) is 23.5 Å². The van der Waals surface area contributed by atoms with Crippen LogP contribution in [0.3, 0.4) is 0 Å². The molecule has 1 aromatic heterocycles. The number of amides is 1. The van der Waals surface area contributed by atoms with E-state index in [-0.39, 0.29) is 12.0 Å². The van der Waals surface area contributed by atoms with Crippen molar-refractivity contribution in [1.82, 2.24) is 14.8 Å². The molecule has 6 nitrogen and oxygen atoms in total. The fourth-order valence-electron chi connectivity index (χ4n) is 3.19. The monoisotopic (exact) mass is 444 g/mol. The summed E-state index contributed by atoms with van der Waals surface area (Å²) in [6.07, 6.45) is 0.0629. The number of carbonyl (C=O) groups is 1. The van der Waals surface area contributed by atoms with Gasteiger partial charge in [0.1, 0.15) is 5.75 Å². The lowest BCUT2D eigenvalue weighted by Gasteiger charge is -2.16. The highest BCUT2D eigenvalue weighted by molar-refractivity contribution is 7.99. The van der Waals surface area contributed by atoms with Gasteiger partial charge in [-0.1, -0.05) is 66.4 Å². The molecule has 0 saturated carbocycles. The molecule has 1 heterocycles. The number of thioether (sulfide) groups is 1. The number of benzene rings is 3. The SMILES string of the molecule is CC(Oc1ccccc1)c1nnc(SCCC(=O)Nc2ccccc2)n1-c1ccccc1. The molecule has 0 spiro atoms. The van der Waals surface area contributed by atoms with Gasteiger partial charge >= 0.3 is 0 Å². The molecule has 1 amide bonds. The number of nitrogens with one attached hydrogen (secondary N) is 1. The van der Waals surface area contributed by atoms with Crippen LogP contribution in [-0.2, 0) is 4.79 Å². The van der Waals surface area contributed by atoms with Gasteiger partial charge in [-0.15, -0.1) is 10.2 Å². The zero-order valence-electron chi connectivity index (χ0n) is 17.7. The third-order valence-electron chi connectivity index (χ3n) is 4.71. The normalized spacial score (nSPS) is 11.7. The molecule has 0 aliphatic rings. The molecule has 4 rings (SSSR count). The summed E-state index contributed by atoms with van der Waals surface area (Å²) in [6.45, 7) is 1.96. The largest absolute Gasteiger partial charge is 0.483 e. The predicted octanol–water partition coefficient (Wildman–Crippen LogP) is 5.53. The minimum atomic E-state index is -0.305. The van der Waals surface area contributed by atoms with Crippen LogP contribution in [0.25, 0.3) is 5.69 Å². The maximum atomic E-state index is 12.3. The number of nitrogens with zero attached hydrogens (tertiary/aromatic N) is 3. The van der Waals surface area contributed by atoms with Gasteiger partial charge in [0.15, 0.2) is 17.1 Å². The van der Waals surface area contributed by atoms with Crippen molar-refractivity contribution in [2.75, 3.05) is 11.1 Å². The predicted molar refractivity (Wildman–Crippen MR) is 127 cm³/mol. The average Bonchev–Trinajstić information content (AvgIpc) is 3.25. The van der Waals surface area contributed by atoms with E-state index in [1.807, 2.05) is 102 Å². The second-order valence-electron chi connectivity index (χ2n) is 7.10. The topological polar surface area (TPSA) is 69.0 Å². The van der Waals surface area contributed by atoms with Crippen LogP contribution in [0.4, 0.5) is 5.69 Å². The summed E-state index contributed by atoms with van der Waals surface area (Å²) in [5, 5.41) is 12.5. The lowest BCUT2D eigenvalue weighted by molar-refractivity contribution is -0.115. The molecule has 1 unspecified atom stereocenters. The maximum Gasteiger partial charge on any atom is 0.225 e. The number of hydrogen-bond donors (Lipinski definition) is 1. The molecule has 32 heavy (non-hydrogen) atoms. The Morgan fingerprint density at radius 3 is 2.25 bits per heavy atom. The van der Waals surface area contributed by atoms with E-state index in [1.165, 1.54) is 11.8 Å². The molecular weight excluding hydrogens is 420 g/mol. The molecule has 4 aromatic rings. The number of carbonyl (C=O) groups excluding carboxylic acids is 1. The fraction of sp³-hybridized carbons (Fsp3) is 0.160. The second-order valence-corrected chi connectivity index (χ2v) is 8.16. The summed E-state index contributed by atoms with van der Waals surface area (Å²) in [4.78, 5) is 12.3. The molecule has 0 aliphatic heterocycles. The number of para-hydroxylation sites is 3. The first kappa shape index (κ1) is 21.6. The summed E-state index contributed by atoms with van der Waals surface area (Å²) in [5.74, 6) is 2.03. The molecule has 1 N–H and O–H groups in total. The third kappa shape index (κ3) is 5.56. The van der Waals surface area contributed by atoms with Crippen molar-refractivity contribution in [2.45, 2.75) is 24.6 Å². The van der Waals surface area contributed by atoms with E-state index >= 15 is 0 Å². The van der Waals surface area contributed by atoms with Crippen LogP contribution >= 0.6 is 11.8 Å². The number of aromatic nitrogens is 3. The lowest BCUT2D eigenvalue weighted by Crippen LogP contribution is -2.13. The first-order chi connectivity index (χ1) is 15.7. The van der Waals surface area contributed by atoms with E-state index in [4.69, 9.17) is 4.74 Å². The molecule has 0 bridgehead atoms. The van der Waals surface area contributed by atoms with Crippen LogP contribution in [0, 0.1) is 0 Å². The van der Waals surface area contributed by atoms with E-state index in [0.29, 0.717) is 18.0 Å². The first-order valence-corrected chi connectivity index (χ1v) is 11.4. The molecule has 0 saturated heterocycles. The fourth-order valence-corrected chi connectivity index (χ4v) is 4.09.